The Morgan fingerprint density at radius 2 is 0.565 bits per heavy atom. The zero-order valence-electron chi connectivity index (χ0n) is 24.6. The molecule has 0 heterocycles. The van der Waals surface area contributed by atoms with Crippen LogP contribution in [0, 0.1) is 46.3 Å². The van der Waals surface area contributed by atoms with E-state index in [-0.39, 0.29) is 0 Å². The Bertz CT molecular complexity index is 2550. The molecule has 0 bridgehead atoms. The number of hydrogen-bond acceptors (Lipinski definition) is 2. The predicted octanol–water partition coefficient (Wildman–Crippen LogP) is 10.00. The smallest absolute Gasteiger partial charge is 0.0991 e. The molecule has 46 heavy (non-hydrogen) atoms. The summed E-state index contributed by atoms with van der Waals surface area (Å²) in [5.74, 6) is 13.2. The van der Waals surface area contributed by atoms with E-state index in [9.17, 15) is 0 Å². The van der Waals surface area contributed by atoms with Gasteiger partial charge in [0, 0.05) is 22.3 Å². The topological polar surface area (TPSA) is 47.6 Å². The lowest BCUT2D eigenvalue weighted by molar-refractivity contribution is 1.48. The third-order valence-corrected chi connectivity index (χ3v) is 8.51. The van der Waals surface area contributed by atoms with Crippen LogP contribution in [0.25, 0.3) is 53.9 Å². The molecular weight excluding hydrogens is 556 g/mol. The van der Waals surface area contributed by atoms with Crippen LogP contribution in [0.4, 0.5) is 0 Å². The lowest BCUT2D eigenvalue weighted by Gasteiger charge is -2.13. The second kappa shape index (κ2) is 11.0. The molecule has 0 amide bonds. The molecule has 2 nitrogen and oxygen atoms in total. The highest BCUT2D eigenvalue weighted by molar-refractivity contribution is 6.32. The lowest BCUT2D eigenvalue weighted by atomic mass is 9.90. The number of rotatable bonds is 0. The fourth-order valence-corrected chi connectivity index (χ4v) is 6.20. The number of nitrogens with zero attached hydrogens (tertiary/aromatic N) is 2. The molecule has 8 aromatic rings. The van der Waals surface area contributed by atoms with E-state index >= 15 is 0 Å². The summed E-state index contributed by atoms with van der Waals surface area (Å²) in [5, 5.41) is 30.1. The van der Waals surface area contributed by atoms with Crippen molar-refractivity contribution in [2.45, 2.75) is 0 Å². The second-order valence-corrected chi connectivity index (χ2v) is 11.3. The van der Waals surface area contributed by atoms with E-state index in [1.807, 2.05) is 24.3 Å². The average molecular weight is 579 g/mol. The van der Waals surface area contributed by atoms with Gasteiger partial charge in [-0.2, -0.15) is 10.5 Å². The Morgan fingerprint density at radius 3 is 0.957 bits per heavy atom. The minimum atomic E-state index is 0.625. The number of nitriles is 2. The highest BCUT2D eigenvalue weighted by atomic mass is 14.2. The fourth-order valence-electron chi connectivity index (χ4n) is 6.20. The summed E-state index contributed by atoms with van der Waals surface area (Å²) in [6.07, 6.45) is 0. The van der Waals surface area contributed by atoms with Crippen LogP contribution in [-0.4, -0.2) is 0 Å². The van der Waals surface area contributed by atoms with Gasteiger partial charge in [0.05, 0.1) is 23.3 Å². The van der Waals surface area contributed by atoms with Gasteiger partial charge in [0.1, 0.15) is 0 Å². The maximum atomic E-state index is 9.12. The van der Waals surface area contributed by atoms with Crippen LogP contribution in [0.2, 0.25) is 0 Å². The standard InChI is InChI=1S/C44H22N2/c45-27-33-9-3-29(4-10-33)1-7-31-13-15-35-17-19-37-21-23-39-24-22-38-20-18-36-16-14-32(8-2-30-5-11-34(28-46)12-6-30)26-41(36)43(38)44(39)42(37)40(35)25-31/h3-6,9-26H. The Hall–Kier alpha value is -6.84. The Labute approximate surface area is 266 Å². The van der Waals surface area contributed by atoms with E-state index in [4.69, 9.17) is 10.5 Å². The molecule has 0 N–H and O–H groups in total. The third kappa shape index (κ3) is 4.75. The first-order chi connectivity index (χ1) is 22.7. The molecule has 208 valence electrons. The number of benzene rings is 8. The van der Waals surface area contributed by atoms with Crippen molar-refractivity contribution in [3.63, 3.8) is 0 Å². The van der Waals surface area contributed by atoms with Crippen molar-refractivity contribution >= 4 is 53.9 Å². The van der Waals surface area contributed by atoms with Crippen molar-refractivity contribution in [1.29, 1.82) is 10.5 Å². The molecule has 2 heteroatoms. The molecule has 8 aromatic carbocycles. The zero-order valence-corrected chi connectivity index (χ0v) is 24.6. The van der Waals surface area contributed by atoms with E-state index < -0.39 is 0 Å². The molecule has 0 aliphatic rings. The van der Waals surface area contributed by atoms with Gasteiger partial charge in [0.15, 0.2) is 0 Å². The van der Waals surface area contributed by atoms with Crippen molar-refractivity contribution in [2.75, 3.05) is 0 Å². The number of hydrogen-bond donors (Lipinski definition) is 0. The highest BCUT2D eigenvalue weighted by Crippen LogP contribution is 2.39. The molecule has 0 aromatic heterocycles. The van der Waals surface area contributed by atoms with Gasteiger partial charge in [-0.15, -0.1) is 0 Å². The molecule has 0 atom stereocenters. The van der Waals surface area contributed by atoms with Crippen molar-refractivity contribution in [2.24, 2.45) is 0 Å². The SMILES string of the molecule is N#Cc1ccc(C#Cc2ccc3ccc4ccc5ccc6ccc7ccc(C#Cc8ccc(C#N)cc8)cc7c6c5c4c3c2)cc1. The minimum Gasteiger partial charge on any atom is -0.192 e. The summed E-state index contributed by atoms with van der Waals surface area (Å²) in [4.78, 5) is 0. The second-order valence-electron chi connectivity index (χ2n) is 11.3. The quantitative estimate of drug-likeness (QED) is 0.133. The van der Waals surface area contributed by atoms with Gasteiger partial charge in [-0.05, 0) is 127 Å². The summed E-state index contributed by atoms with van der Waals surface area (Å²) < 4.78 is 0. The normalized spacial score (nSPS) is 10.7. The summed E-state index contributed by atoms with van der Waals surface area (Å²) in [6, 6.07) is 49.5. The molecular formula is C44H22N2. The van der Waals surface area contributed by atoms with E-state index in [2.05, 4.69) is 121 Å². The molecule has 0 saturated heterocycles. The monoisotopic (exact) mass is 578 g/mol. The molecule has 8 rings (SSSR count). The summed E-state index contributed by atoms with van der Waals surface area (Å²) in [5.41, 5.74) is 4.87. The highest BCUT2D eigenvalue weighted by Gasteiger charge is 2.12. The van der Waals surface area contributed by atoms with Gasteiger partial charge < -0.3 is 0 Å². The van der Waals surface area contributed by atoms with E-state index in [0.717, 1.165) is 43.8 Å². The van der Waals surface area contributed by atoms with Gasteiger partial charge in [-0.3, -0.25) is 0 Å². The van der Waals surface area contributed by atoms with Gasteiger partial charge in [-0.1, -0.05) is 84.3 Å². The summed E-state index contributed by atoms with van der Waals surface area (Å²) in [6.45, 7) is 0. The minimum absolute atomic E-state index is 0.625. The summed E-state index contributed by atoms with van der Waals surface area (Å²) >= 11 is 0. The maximum Gasteiger partial charge on any atom is 0.0991 e. The third-order valence-electron chi connectivity index (χ3n) is 8.51. The largest absolute Gasteiger partial charge is 0.192 e. The molecule has 0 unspecified atom stereocenters. The Kier molecular flexibility index (Phi) is 6.41. The van der Waals surface area contributed by atoms with Gasteiger partial charge in [0.25, 0.3) is 0 Å². The first-order valence-corrected chi connectivity index (χ1v) is 15.0. The van der Waals surface area contributed by atoms with Crippen LogP contribution in [0.5, 0.6) is 0 Å². The molecule has 0 aliphatic heterocycles. The summed E-state index contributed by atoms with van der Waals surface area (Å²) in [7, 11) is 0. The Balaban J connectivity index is 1.36. The van der Waals surface area contributed by atoms with E-state index in [1.165, 1.54) is 32.3 Å². The van der Waals surface area contributed by atoms with Crippen LogP contribution >= 0.6 is 0 Å². The predicted molar refractivity (Wildman–Crippen MR) is 188 cm³/mol. The van der Waals surface area contributed by atoms with Gasteiger partial charge in [0.2, 0.25) is 0 Å². The average Bonchev–Trinajstić information content (AvgIpc) is 3.12. The first kappa shape index (κ1) is 26.8. The van der Waals surface area contributed by atoms with E-state index in [1.54, 1.807) is 24.3 Å². The van der Waals surface area contributed by atoms with E-state index in [0.29, 0.717) is 11.1 Å². The van der Waals surface area contributed by atoms with Crippen LogP contribution in [0.3, 0.4) is 0 Å². The van der Waals surface area contributed by atoms with Crippen LogP contribution in [-0.2, 0) is 0 Å². The Morgan fingerprint density at radius 1 is 0.283 bits per heavy atom. The van der Waals surface area contributed by atoms with Crippen molar-refractivity contribution < 1.29 is 0 Å². The number of fused-ring (bicyclic) bond motifs is 9. The lowest BCUT2D eigenvalue weighted by Crippen LogP contribution is -1.87. The van der Waals surface area contributed by atoms with Crippen molar-refractivity contribution in [3.05, 3.63) is 167 Å². The van der Waals surface area contributed by atoms with Crippen molar-refractivity contribution in [3.8, 4) is 35.8 Å². The zero-order chi connectivity index (χ0) is 31.0. The fraction of sp³-hybridized carbons (Fsp3) is 0. The van der Waals surface area contributed by atoms with Gasteiger partial charge in [-0.25, -0.2) is 0 Å². The maximum absolute atomic E-state index is 9.12. The van der Waals surface area contributed by atoms with Crippen LogP contribution in [0.15, 0.2) is 133 Å². The molecule has 0 radical (unpaired) electrons. The first-order valence-electron chi connectivity index (χ1n) is 15.0. The van der Waals surface area contributed by atoms with Crippen LogP contribution < -0.4 is 0 Å². The molecule has 0 aliphatic carbocycles. The van der Waals surface area contributed by atoms with Crippen molar-refractivity contribution in [1.82, 2.24) is 0 Å². The molecule has 0 spiro atoms. The molecule has 0 saturated carbocycles. The molecule has 0 fully saturated rings. The van der Waals surface area contributed by atoms with Crippen LogP contribution in [0.1, 0.15) is 33.4 Å². The van der Waals surface area contributed by atoms with Gasteiger partial charge >= 0.3 is 0 Å².